The third-order valence-electron chi connectivity index (χ3n) is 2.06. The number of esters is 1. The molecular formula is C12H20O4. The van der Waals surface area contributed by atoms with Gasteiger partial charge in [-0.3, -0.25) is 9.59 Å². The van der Waals surface area contributed by atoms with Gasteiger partial charge >= 0.3 is 11.9 Å². The van der Waals surface area contributed by atoms with Crippen LogP contribution in [0.25, 0.3) is 0 Å². The molecule has 0 saturated carbocycles. The van der Waals surface area contributed by atoms with Gasteiger partial charge in [0.2, 0.25) is 0 Å². The van der Waals surface area contributed by atoms with E-state index in [0.29, 0.717) is 6.61 Å². The number of carbonyl (C=O) groups excluding carboxylic acids is 1. The molecule has 4 heteroatoms. The molecule has 1 N–H and O–H groups in total. The zero-order valence-corrected chi connectivity index (χ0v) is 9.78. The molecule has 0 aliphatic rings. The zero-order valence-electron chi connectivity index (χ0n) is 9.78. The molecule has 0 rings (SSSR count). The second-order valence-electron chi connectivity index (χ2n) is 3.53. The molecule has 0 heterocycles. The first-order valence-corrected chi connectivity index (χ1v) is 5.65. The maximum absolute atomic E-state index is 11.0. The van der Waals surface area contributed by atoms with Crippen LogP contribution < -0.4 is 0 Å². The molecule has 0 fully saturated rings. The molecule has 0 amide bonds. The minimum absolute atomic E-state index is 0.0338. The van der Waals surface area contributed by atoms with E-state index in [-0.39, 0.29) is 12.8 Å². The smallest absolute Gasteiger partial charge is 0.306 e. The highest BCUT2D eigenvalue weighted by molar-refractivity contribution is 5.76. The van der Waals surface area contributed by atoms with Gasteiger partial charge in [-0.15, -0.1) is 0 Å². The van der Waals surface area contributed by atoms with E-state index < -0.39 is 11.9 Å². The summed E-state index contributed by atoms with van der Waals surface area (Å²) < 4.78 is 4.88. The van der Waals surface area contributed by atoms with Crippen LogP contribution >= 0.6 is 0 Å². The quantitative estimate of drug-likeness (QED) is 0.374. The number of carboxylic acids is 1. The minimum Gasteiger partial charge on any atom is -0.481 e. The van der Waals surface area contributed by atoms with E-state index in [1.54, 1.807) is 0 Å². The monoisotopic (exact) mass is 228 g/mol. The Labute approximate surface area is 96.3 Å². The molecule has 4 nitrogen and oxygen atoms in total. The van der Waals surface area contributed by atoms with Gasteiger partial charge in [0.1, 0.15) is 0 Å². The summed E-state index contributed by atoms with van der Waals surface area (Å²) in [4.78, 5) is 21.2. The Bertz CT molecular complexity index is 233. The lowest BCUT2D eigenvalue weighted by Crippen LogP contribution is -2.08. The number of carbonyl (C=O) groups is 2. The Hall–Kier alpha value is -1.32. The number of carboxylic acid groups (broad SMARTS) is 1. The topological polar surface area (TPSA) is 63.6 Å². The van der Waals surface area contributed by atoms with Gasteiger partial charge < -0.3 is 9.84 Å². The SMILES string of the molecule is CC=CCCCCCOC(=O)CCC(=O)O. The second kappa shape index (κ2) is 10.2. The zero-order chi connectivity index (χ0) is 12.2. The summed E-state index contributed by atoms with van der Waals surface area (Å²) in [5, 5.41) is 8.34. The molecule has 0 aromatic rings. The normalized spacial score (nSPS) is 10.6. The van der Waals surface area contributed by atoms with E-state index in [4.69, 9.17) is 9.84 Å². The van der Waals surface area contributed by atoms with Crippen molar-refractivity contribution in [1.82, 2.24) is 0 Å². The van der Waals surface area contributed by atoms with Crippen molar-refractivity contribution in [3.05, 3.63) is 12.2 Å². The fourth-order valence-corrected chi connectivity index (χ4v) is 1.17. The van der Waals surface area contributed by atoms with Crippen LogP contribution in [0.4, 0.5) is 0 Å². The number of rotatable bonds is 9. The van der Waals surface area contributed by atoms with E-state index in [0.717, 1.165) is 25.7 Å². The molecular weight excluding hydrogens is 208 g/mol. The van der Waals surface area contributed by atoms with Gasteiger partial charge in [0, 0.05) is 0 Å². The molecule has 0 atom stereocenters. The van der Waals surface area contributed by atoms with Crippen LogP contribution in [0.1, 0.15) is 45.4 Å². The van der Waals surface area contributed by atoms with Gasteiger partial charge in [-0.25, -0.2) is 0 Å². The van der Waals surface area contributed by atoms with Crippen molar-refractivity contribution in [2.45, 2.75) is 45.4 Å². The highest BCUT2D eigenvalue weighted by Crippen LogP contribution is 2.02. The van der Waals surface area contributed by atoms with Crippen LogP contribution in [-0.2, 0) is 14.3 Å². The Morgan fingerprint density at radius 1 is 1.19 bits per heavy atom. The summed E-state index contributed by atoms with van der Waals surface area (Å²) in [7, 11) is 0. The predicted molar refractivity (Wildman–Crippen MR) is 61.1 cm³/mol. The molecule has 0 bridgehead atoms. The first-order chi connectivity index (χ1) is 7.66. The first kappa shape index (κ1) is 14.7. The summed E-state index contributed by atoms with van der Waals surface area (Å²) in [5.74, 6) is -1.39. The number of allylic oxidation sites excluding steroid dienone is 2. The van der Waals surface area contributed by atoms with Crippen LogP contribution in [0.3, 0.4) is 0 Å². The van der Waals surface area contributed by atoms with Gasteiger partial charge in [0.15, 0.2) is 0 Å². The fraction of sp³-hybridized carbons (Fsp3) is 0.667. The highest BCUT2D eigenvalue weighted by atomic mass is 16.5. The molecule has 0 aliphatic heterocycles. The van der Waals surface area contributed by atoms with E-state index in [2.05, 4.69) is 6.08 Å². The molecule has 0 aromatic heterocycles. The molecule has 0 saturated heterocycles. The van der Waals surface area contributed by atoms with Crippen molar-refractivity contribution < 1.29 is 19.4 Å². The van der Waals surface area contributed by atoms with Crippen molar-refractivity contribution in [3.63, 3.8) is 0 Å². The minimum atomic E-state index is -0.969. The van der Waals surface area contributed by atoms with E-state index in [1.165, 1.54) is 0 Å². The van der Waals surface area contributed by atoms with Crippen LogP contribution in [0.5, 0.6) is 0 Å². The Kier molecular flexibility index (Phi) is 9.36. The Morgan fingerprint density at radius 2 is 1.94 bits per heavy atom. The fourth-order valence-electron chi connectivity index (χ4n) is 1.17. The highest BCUT2D eigenvalue weighted by Gasteiger charge is 2.05. The molecule has 0 radical (unpaired) electrons. The summed E-state index contributed by atoms with van der Waals surface area (Å²) in [6.07, 6.45) is 7.96. The van der Waals surface area contributed by atoms with Crippen LogP contribution in [0, 0.1) is 0 Å². The van der Waals surface area contributed by atoms with Crippen molar-refractivity contribution in [2.24, 2.45) is 0 Å². The second-order valence-corrected chi connectivity index (χ2v) is 3.53. The van der Waals surface area contributed by atoms with E-state index in [9.17, 15) is 9.59 Å². The maximum Gasteiger partial charge on any atom is 0.306 e. The van der Waals surface area contributed by atoms with Crippen molar-refractivity contribution >= 4 is 11.9 Å². The van der Waals surface area contributed by atoms with Gasteiger partial charge in [-0.2, -0.15) is 0 Å². The summed E-state index contributed by atoms with van der Waals surface area (Å²) >= 11 is 0. The lowest BCUT2D eigenvalue weighted by Gasteiger charge is -2.03. The number of hydrogen-bond acceptors (Lipinski definition) is 3. The largest absolute Gasteiger partial charge is 0.481 e. The number of ether oxygens (including phenoxy) is 1. The standard InChI is InChI=1S/C12H20O4/c1-2-3-4-5-6-7-10-16-12(15)9-8-11(13)14/h2-3H,4-10H2,1H3,(H,13,14). The Balaban J connectivity index is 3.24. The van der Waals surface area contributed by atoms with Gasteiger partial charge in [-0.05, 0) is 32.6 Å². The maximum atomic E-state index is 11.0. The number of aliphatic carboxylic acids is 1. The molecule has 0 unspecified atom stereocenters. The Morgan fingerprint density at radius 3 is 2.56 bits per heavy atom. The molecule has 16 heavy (non-hydrogen) atoms. The molecule has 92 valence electrons. The van der Waals surface area contributed by atoms with Crippen LogP contribution in [0.2, 0.25) is 0 Å². The number of hydrogen-bond donors (Lipinski definition) is 1. The average molecular weight is 228 g/mol. The van der Waals surface area contributed by atoms with E-state index >= 15 is 0 Å². The molecule has 0 spiro atoms. The lowest BCUT2D eigenvalue weighted by molar-refractivity contribution is -0.147. The average Bonchev–Trinajstić information content (AvgIpc) is 2.25. The molecule has 0 aliphatic carbocycles. The molecule has 0 aromatic carbocycles. The first-order valence-electron chi connectivity index (χ1n) is 5.65. The van der Waals surface area contributed by atoms with Crippen molar-refractivity contribution in [1.29, 1.82) is 0 Å². The third kappa shape index (κ3) is 10.8. The summed E-state index contributed by atoms with van der Waals surface area (Å²) in [5.41, 5.74) is 0. The lowest BCUT2D eigenvalue weighted by atomic mass is 10.2. The van der Waals surface area contributed by atoms with Crippen LogP contribution in [0.15, 0.2) is 12.2 Å². The van der Waals surface area contributed by atoms with Gasteiger partial charge in [-0.1, -0.05) is 12.2 Å². The van der Waals surface area contributed by atoms with Gasteiger partial charge in [0.05, 0.1) is 19.4 Å². The predicted octanol–water partition coefficient (Wildman–Crippen LogP) is 2.53. The summed E-state index contributed by atoms with van der Waals surface area (Å²) in [6.45, 7) is 2.39. The third-order valence-corrected chi connectivity index (χ3v) is 2.06. The van der Waals surface area contributed by atoms with Crippen molar-refractivity contribution in [3.8, 4) is 0 Å². The van der Waals surface area contributed by atoms with E-state index in [1.807, 2.05) is 13.0 Å². The van der Waals surface area contributed by atoms with Gasteiger partial charge in [0.25, 0.3) is 0 Å². The summed E-state index contributed by atoms with van der Waals surface area (Å²) in [6, 6.07) is 0. The van der Waals surface area contributed by atoms with Crippen LogP contribution in [-0.4, -0.2) is 23.7 Å². The number of unbranched alkanes of at least 4 members (excludes halogenated alkanes) is 3. The van der Waals surface area contributed by atoms with Crippen molar-refractivity contribution in [2.75, 3.05) is 6.61 Å².